The first-order chi connectivity index (χ1) is 9.16. The lowest BCUT2D eigenvalue weighted by atomic mass is 9.75. The molecule has 1 atom stereocenters. The van der Waals surface area contributed by atoms with E-state index in [4.69, 9.17) is 10.5 Å². The van der Waals surface area contributed by atoms with Gasteiger partial charge in [0.05, 0.1) is 12.6 Å². The topological polar surface area (TPSA) is 64.4 Å². The van der Waals surface area contributed by atoms with Crippen molar-refractivity contribution in [2.45, 2.75) is 43.7 Å². The first-order valence-corrected chi connectivity index (χ1v) is 6.96. The predicted molar refractivity (Wildman–Crippen MR) is 72.8 cm³/mol. The van der Waals surface area contributed by atoms with Crippen LogP contribution in [0.4, 0.5) is 0 Å². The molecule has 1 amide bonds. The molecule has 0 spiro atoms. The van der Waals surface area contributed by atoms with Gasteiger partial charge in [-0.15, -0.1) is 0 Å². The lowest BCUT2D eigenvalue weighted by Gasteiger charge is -2.38. The standard InChI is InChI=1S/C15H20N2O2/c16-15(7-3-8-15)10-14(18)17-12-6-9-19-13-5-2-1-4-11(12)13/h1-2,4-5,12H,3,6-10,16H2,(H,17,18). The van der Waals surface area contributed by atoms with E-state index in [1.165, 1.54) is 0 Å². The summed E-state index contributed by atoms with van der Waals surface area (Å²) in [5.74, 6) is 0.939. The third-order valence-electron chi connectivity index (χ3n) is 4.16. The molecule has 0 radical (unpaired) electrons. The average Bonchev–Trinajstić information content (AvgIpc) is 2.37. The largest absolute Gasteiger partial charge is 0.493 e. The minimum absolute atomic E-state index is 0.0566. The van der Waals surface area contributed by atoms with Gasteiger partial charge in [-0.1, -0.05) is 18.2 Å². The van der Waals surface area contributed by atoms with Crippen molar-refractivity contribution < 1.29 is 9.53 Å². The van der Waals surface area contributed by atoms with Crippen LogP contribution in [-0.2, 0) is 4.79 Å². The number of fused-ring (bicyclic) bond motifs is 1. The van der Waals surface area contributed by atoms with Gasteiger partial charge in [-0.05, 0) is 25.3 Å². The van der Waals surface area contributed by atoms with E-state index in [-0.39, 0.29) is 17.5 Å². The molecule has 102 valence electrons. The summed E-state index contributed by atoms with van der Waals surface area (Å²) in [5, 5.41) is 3.10. The summed E-state index contributed by atoms with van der Waals surface area (Å²) >= 11 is 0. The van der Waals surface area contributed by atoms with Crippen LogP contribution >= 0.6 is 0 Å². The Balaban J connectivity index is 1.66. The van der Waals surface area contributed by atoms with Crippen molar-refractivity contribution >= 4 is 5.91 Å². The summed E-state index contributed by atoms with van der Waals surface area (Å²) in [7, 11) is 0. The van der Waals surface area contributed by atoms with Crippen molar-refractivity contribution in [1.82, 2.24) is 5.32 Å². The molecule has 1 aliphatic heterocycles. The number of ether oxygens (including phenoxy) is 1. The molecule has 1 heterocycles. The Bertz CT molecular complexity index is 483. The summed E-state index contributed by atoms with van der Waals surface area (Å²) in [4.78, 5) is 12.1. The second-order valence-electron chi connectivity index (χ2n) is 5.69. The molecule has 1 aromatic rings. The van der Waals surface area contributed by atoms with Crippen molar-refractivity contribution in [3.63, 3.8) is 0 Å². The van der Waals surface area contributed by atoms with Crippen LogP contribution in [0.5, 0.6) is 5.75 Å². The average molecular weight is 260 g/mol. The number of hydrogen-bond acceptors (Lipinski definition) is 3. The Kier molecular flexibility index (Phi) is 3.19. The molecule has 1 aromatic carbocycles. The maximum atomic E-state index is 12.1. The minimum Gasteiger partial charge on any atom is -0.493 e. The zero-order valence-corrected chi connectivity index (χ0v) is 11.0. The molecule has 3 N–H and O–H groups in total. The number of hydrogen-bond donors (Lipinski definition) is 2. The zero-order chi connectivity index (χ0) is 13.3. The fraction of sp³-hybridized carbons (Fsp3) is 0.533. The molecule has 4 nitrogen and oxygen atoms in total. The molecule has 3 rings (SSSR count). The summed E-state index contributed by atoms with van der Waals surface area (Å²) in [5.41, 5.74) is 6.93. The highest BCUT2D eigenvalue weighted by Crippen LogP contribution is 2.34. The first kappa shape index (κ1) is 12.5. The molecule has 19 heavy (non-hydrogen) atoms. The number of amides is 1. The van der Waals surface area contributed by atoms with E-state index in [1.54, 1.807) is 0 Å². The van der Waals surface area contributed by atoms with E-state index in [0.717, 1.165) is 37.0 Å². The maximum absolute atomic E-state index is 12.1. The zero-order valence-electron chi connectivity index (χ0n) is 11.0. The smallest absolute Gasteiger partial charge is 0.222 e. The maximum Gasteiger partial charge on any atom is 0.222 e. The van der Waals surface area contributed by atoms with E-state index in [1.807, 2.05) is 24.3 Å². The third kappa shape index (κ3) is 2.59. The molecule has 1 unspecified atom stereocenters. The van der Waals surface area contributed by atoms with E-state index >= 15 is 0 Å². The van der Waals surface area contributed by atoms with Gasteiger partial charge >= 0.3 is 0 Å². The molecule has 1 aliphatic carbocycles. The minimum atomic E-state index is -0.255. The Hall–Kier alpha value is -1.55. The van der Waals surface area contributed by atoms with Gasteiger partial charge in [-0.3, -0.25) is 4.79 Å². The molecule has 1 saturated carbocycles. The van der Waals surface area contributed by atoms with Crippen molar-refractivity contribution in [3.8, 4) is 5.75 Å². The van der Waals surface area contributed by atoms with E-state index in [9.17, 15) is 4.79 Å². The van der Waals surface area contributed by atoms with E-state index < -0.39 is 0 Å². The molecule has 4 heteroatoms. The van der Waals surface area contributed by atoms with Crippen molar-refractivity contribution in [1.29, 1.82) is 0 Å². The number of carbonyl (C=O) groups excluding carboxylic acids is 1. The Labute approximate surface area is 113 Å². The van der Waals surface area contributed by atoms with Crippen molar-refractivity contribution in [2.75, 3.05) is 6.61 Å². The van der Waals surface area contributed by atoms with Crippen LogP contribution in [0, 0.1) is 0 Å². The predicted octanol–water partition coefficient (Wildman–Crippen LogP) is 1.90. The third-order valence-corrected chi connectivity index (χ3v) is 4.16. The van der Waals surface area contributed by atoms with Gasteiger partial charge < -0.3 is 15.8 Å². The fourth-order valence-corrected chi connectivity index (χ4v) is 2.86. The van der Waals surface area contributed by atoms with Gasteiger partial charge in [0.1, 0.15) is 5.75 Å². The lowest BCUT2D eigenvalue weighted by molar-refractivity contribution is -0.123. The van der Waals surface area contributed by atoms with Crippen LogP contribution in [0.3, 0.4) is 0 Å². The van der Waals surface area contributed by atoms with Gasteiger partial charge in [0, 0.05) is 23.9 Å². The van der Waals surface area contributed by atoms with Crippen molar-refractivity contribution in [3.05, 3.63) is 29.8 Å². The van der Waals surface area contributed by atoms with E-state index in [2.05, 4.69) is 5.32 Å². The number of nitrogens with two attached hydrogens (primary N) is 1. The molecular formula is C15H20N2O2. The summed E-state index contributed by atoms with van der Waals surface area (Å²) in [6.07, 6.45) is 4.33. The van der Waals surface area contributed by atoms with Crippen molar-refractivity contribution in [2.24, 2.45) is 5.73 Å². The molecule has 2 aliphatic rings. The van der Waals surface area contributed by atoms with Gasteiger partial charge in [-0.2, -0.15) is 0 Å². The van der Waals surface area contributed by atoms with Crippen LogP contribution in [0.2, 0.25) is 0 Å². The quantitative estimate of drug-likeness (QED) is 0.872. The molecule has 0 aromatic heterocycles. The highest BCUT2D eigenvalue weighted by molar-refractivity contribution is 5.78. The van der Waals surface area contributed by atoms with Gasteiger partial charge in [0.15, 0.2) is 0 Å². The number of carbonyl (C=O) groups is 1. The van der Waals surface area contributed by atoms with Gasteiger partial charge in [0.25, 0.3) is 0 Å². The van der Waals surface area contributed by atoms with E-state index in [0.29, 0.717) is 13.0 Å². The Morgan fingerprint density at radius 2 is 2.21 bits per heavy atom. The monoisotopic (exact) mass is 260 g/mol. The Morgan fingerprint density at radius 3 is 2.95 bits per heavy atom. The van der Waals surface area contributed by atoms with Crippen LogP contribution < -0.4 is 15.8 Å². The highest BCUT2D eigenvalue weighted by Gasteiger charge is 2.35. The normalized spacial score (nSPS) is 23.7. The summed E-state index contributed by atoms with van der Waals surface area (Å²) in [6, 6.07) is 7.95. The second kappa shape index (κ2) is 4.85. The summed E-state index contributed by atoms with van der Waals surface area (Å²) < 4.78 is 5.59. The molecule has 0 saturated heterocycles. The molecule has 0 bridgehead atoms. The van der Waals surface area contributed by atoms with Gasteiger partial charge in [-0.25, -0.2) is 0 Å². The Morgan fingerprint density at radius 1 is 1.42 bits per heavy atom. The number of benzene rings is 1. The van der Waals surface area contributed by atoms with Crippen LogP contribution in [0.1, 0.15) is 43.7 Å². The molecular weight excluding hydrogens is 240 g/mol. The van der Waals surface area contributed by atoms with Crippen LogP contribution in [0.25, 0.3) is 0 Å². The number of rotatable bonds is 3. The van der Waals surface area contributed by atoms with Crippen LogP contribution in [-0.4, -0.2) is 18.1 Å². The fourth-order valence-electron chi connectivity index (χ4n) is 2.86. The van der Waals surface area contributed by atoms with Gasteiger partial charge in [0.2, 0.25) is 5.91 Å². The molecule has 1 fully saturated rings. The highest BCUT2D eigenvalue weighted by atomic mass is 16.5. The number of para-hydroxylation sites is 1. The SMILES string of the molecule is NC1(CC(=O)NC2CCOc3ccccc32)CCC1. The summed E-state index contributed by atoms with van der Waals surface area (Å²) in [6.45, 7) is 0.649. The first-order valence-electron chi connectivity index (χ1n) is 6.96. The van der Waals surface area contributed by atoms with Crippen LogP contribution in [0.15, 0.2) is 24.3 Å². The lowest BCUT2D eigenvalue weighted by Crippen LogP contribution is -2.50. The second-order valence-corrected chi connectivity index (χ2v) is 5.69. The number of nitrogens with one attached hydrogen (secondary N) is 1.